The van der Waals surface area contributed by atoms with Gasteiger partial charge < -0.3 is 4.42 Å². The monoisotopic (exact) mass is 438 g/mol. The van der Waals surface area contributed by atoms with Crippen LogP contribution in [0.2, 0.25) is 0 Å². The summed E-state index contributed by atoms with van der Waals surface area (Å²) in [5.41, 5.74) is 4.66. The molecule has 7 rings (SSSR count). The molecule has 3 aromatic heterocycles. The number of rotatable bonds is 3. The number of benzene rings is 4. The van der Waals surface area contributed by atoms with E-state index in [1.165, 1.54) is 0 Å². The summed E-state index contributed by atoms with van der Waals surface area (Å²) in [5.74, 6) is 1.81. The summed E-state index contributed by atoms with van der Waals surface area (Å²) in [6, 6.07) is 34.6. The number of hydrogen-bond acceptors (Lipinski definition) is 4. The van der Waals surface area contributed by atoms with Crippen molar-refractivity contribution < 1.29 is 4.42 Å². The van der Waals surface area contributed by atoms with E-state index in [2.05, 4.69) is 34.9 Å². The van der Waals surface area contributed by atoms with Crippen LogP contribution in [0.4, 0.5) is 0 Å². The molecule has 3 heterocycles. The second-order valence-electron chi connectivity index (χ2n) is 8.17. The first-order chi connectivity index (χ1) is 16.9. The lowest BCUT2D eigenvalue weighted by Gasteiger charge is -2.11. The zero-order valence-corrected chi connectivity index (χ0v) is 18.1. The van der Waals surface area contributed by atoms with Crippen molar-refractivity contribution >= 4 is 32.8 Å². The molecule has 34 heavy (non-hydrogen) atoms. The molecule has 0 bridgehead atoms. The summed E-state index contributed by atoms with van der Waals surface area (Å²) in [7, 11) is 0. The van der Waals surface area contributed by atoms with Crippen LogP contribution in [0.5, 0.6) is 0 Å². The van der Waals surface area contributed by atoms with E-state index in [0.29, 0.717) is 17.6 Å². The third-order valence-corrected chi connectivity index (χ3v) is 6.14. The molecule has 0 fully saturated rings. The SMILES string of the molecule is c1ccc(-c2nc(-c3ccccc3)nc(-n3c4ccccc4c4ccc5ccoc5c43)n2)cc1. The molecule has 0 amide bonds. The van der Waals surface area contributed by atoms with Gasteiger partial charge in [0.05, 0.1) is 11.8 Å². The number of para-hydroxylation sites is 1. The van der Waals surface area contributed by atoms with Gasteiger partial charge in [0.2, 0.25) is 5.95 Å². The van der Waals surface area contributed by atoms with Gasteiger partial charge in [0.1, 0.15) is 5.52 Å². The average molecular weight is 438 g/mol. The molecule has 5 heteroatoms. The van der Waals surface area contributed by atoms with Crippen molar-refractivity contribution in [3.63, 3.8) is 0 Å². The largest absolute Gasteiger partial charge is 0.462 e. The first kappa shape index (κ1) is 18.8. The Morgan fingerprint density at radius 2 is 1.21 bits per heavy atom. The van der Waals surface area contributed by atoms with Crippen molar-refractivity contribution in [1.29, 1.82) is 0 Å². The maximum atomic E-state index is 5.96. The molecule has 0 spiro atoms. The first-order valence-electron chi connectivity index (χ1n) is 11.1. The van der Waals surface area contributed by atoms with Crippen LogP contribution in [0.15, 0.2) is 114 Å². The van der Waals surface area contributed by atoms with Crippen molar-refractivity contribution in [3.05, 3.63) is 109 Å². The second kappa shape index (κ2) is 7.39. The number of hydrogen-bond donors (Lipinski definition) is 0. The highest BCUT2D eigenvalue weighted by Gasteiger charge is 2.20. The van der Waals surface area contributed by atoms with E-state index in [9.17, 15) is 0 Å². The van der Waals surface area contributed by atoms with Crippen LogP contribution in [0.3, 0.4) is 0 Å². The normalized spacial score (nSPS) is 11.5. The average Bonchev–Trinajstić information content (AvgIpc) is 3.52. The summed E-state index contributed by atoms with van der Waals surface area (Å²) >= 11 is 0. The minimum Gasteiger partial charge on any atom is -0.462 e. The highest BCUT2D eigenvalue weighted by molar-refractivity contribution is 6.16. The Morgan fingerprint density at radius 3 is 1.91 bits per heavy atom. The molecule has 0 saturated heterocycles. The van der Waals surface area contributed by atoms with E-state index in [1.807, 2.05) is 72.8 Å². The molecule has 5 nitrogen and oxygen atoms in total. The van der Waals surface area contributed by atoms with E-state index in [0.717, 1.165) is 43.9 Å². The van der Waals surface area contributed by atoms with Gasteiger partial charge in [0, 0.05) is 27.3 Å². The molecule has 0 N–H and O–H groups in total. The van der Waals surface area contributed by atoms with Gasteiger partial charge in [-0.1, -0.05) is 91.0 Å². The molecule has 0 aliphatic rings. The third-order valence-electron chi connectivity index (χ3n) is 6.14. The topological polar surface area (TPSA) is 56.7 Å². The van der Waals surface area contributed by atoms with E-state index in [1.54, 1.807) is 6.26 Å². The summed E-state index contributed by atoms with van der Waals surface area (Å²) in [6.45, 7) is 0. The highest BCUT2D eigenvalue weighted by Crippen LogP contribution is 2.36. The van der Waals surface area contributed by atoms with Gasteiger partial charge >= 0.3 is 0 Å². The predicted octanol–water partition coefficient (Wildman–Crippen LogP) is 7.05. The standard InChI is InChI=1S/C29H18N4O/c1-3-9-20(10-4-1)27-30-28(21-11-5-2-6-12-21)32-29(31-27)33-24-14-8-7-13-22(24)23-16-15-19-17-18-34-26(19)25(23)33/h1-18H. The Morgan fingerprint density at radius 1 is 0.559 bits per heavy atom. The minimum absolute atomic E-state index is 0.558. The van der Waals surface area contributed by atoms with Gasteiger partial charge in [0.15, 0.2) is 17.2 Å². The van der Waals surface area contributed by atoms with Crippen LogP contribution in [0.25, 0.3) is 61.5 Å². The number of aromatic nitrogens is 4. The van der Waals surface area contributed by atoms with Crippen LogP contribution in [-0.4, -0.2) is 19.5 Å². The van der Waals surface area contributed by atoms with Gasteiger partial charge in [0.25, 0.3) is 0 Å². The lowest BCUT2D eigenvalue weighted by Crippen LogP contribution is -2.06. The first-order valence-corrected chi connectivity index (χ1v) is 11.1. The maximum absolute atomic E-state index is 5.96. The molecule has 160 valence electrons. The predicted molar refractivity (Wildman–Crippen MR) is 135 cm³/mol. The third kappa shape index (κ3) is 2.84. The molecule has 0 saturated carbocycles. The second-order valence-corrected chi connectivity index (χ2v) is 8.17. The van der Waals surface area contributed by atoms with Crippen molar-refractivity contribution in [2.75, 3.05) is 0 Å². The molecule has 7 aromatic rings. The summed E-state index contributed by atoms with van der Waals surface area (Å²) in [6.07, 6.45) is 1.73. The van der Waals surface area contributed by atoms with Crippen molar-refractivity contribution in [3.8, 4) is 28.7 Å². The Kier molecular flexibility index (Phi) is 4.08. The van der Waals surface area contributed by atoms with Gasteiger partial charge in [-0.15, -0.1) is 0 Å². The van der Waals surface area contributed by atoms with Crippen LogP contribution < -0.4 is 0 Å². The fourth-order valence-electron chi connectivity index (χ4n) is 4.58. The van der Waals surface area contributed by atoms with Crippen LogP contribution in [-0.2, 0) is 0 Å². The molecule has 4 aromatic carbocycles. The van der Waals surface area contributed by atoms with E-state index >= 15 is 0 Å². The molecule has 0 aliphatic heterocycles. The fraction of sp³-hybridized carbons (Fsp3) is 0. The number of furan rings is 1. The van der Waals surface area contributed by atoms with Gasteiger partial charge in [-0.2, -0.15) is 9.97 Å². The molecule has 0 aliphatic carbocycles. The van der Waals surface area contributed by atoms with E-state index < -0.39 is 0 Å². The van der Waals surface area contributed by atoms with Crippen LogP contribution in [0, 0.1) is 0 Å². The van der Waals surface area contributed by atoms with E-state index in [4.69, 9.17) is 19.4 Å². The fourth-order valence-corrected chi connectivity index (χ4v) is 4.58. The molecule has 0 unspecified atom stereocenters. The minimum atomic E-state index is 0.558. The van der Waals surface area contributed by atoms with Gasteiger partial charge in [-0.25, -0.2) is 4.98 Å². The Bertz CT molecular complexity index is 1740. The zero-order chi connectivity index (χ0) is 22.5. The van der Waals surface area contributed by atoms with Crippen LogP contribution >= 0.6 is 0 Å². The molecular weight excluding hydrogens is 420 g/mol. The molecule has 0 radical (unpaired) electrons. The van der Waals surface area contributed by atoms with Gasteiger partial charge in [-0.3, -0.25) is 4.57 Å². The van der Waals surface area contributed by atoms with Crippen molar-refractivity contribution in [2.45, 2.75) is 0 Å². The number of nitrogens with zero attached hydrogens (tertiary/aromatic N) is 4. The molecule has 0 atom stereocenters. The lowest BCUT2D eigenvalue weighted by molar-refractivity contribution is 0.617. The maximum Gasteiger partial charge on any atom is 0.238 e. The quantitative estimate of drug-likeness (QED) is 0.297. The van der Waals surface area contributed by atoms with Crippen LogP contribution in [0.1, 0.15) is 0 Å². The molecular formula is C29H18N4O. The Hall–Kier alpha value is -4.77. The Balaban J connectivity index is 1.62. The van der Waals surface area contributed by atoms with Crippen molar-refractivity contribution in [2.24, 2.45) is 0 Å². The highest BCUT2D eigenvalue weighted by atomic mass is 16.3. The van der Waals surface area contributed by atoms with Crippen molar-refractivity contribution in [1.82, 2.24) is 19.5 Å². The number of fused-ring (bicyclic) bond motifs is 5. The summed E-state index contributed by atoms with van der Waals surface area (Å²) in [5, 5.41) is 3.26. The summed E-state index contributed by atoms with van der Waals surface area (Å²) in [4.78, 5) is 14.8. The van der Waals surface area contributed by atoms with Gasteiger partial charge in [-0.05, 0) is 12.1 Å². The summed E-state index contributed by atoms with van der Waals surface area (Å²) < 4.78 is 8.05. The lowest BCUT2D eigenvalue weighted by atomic mass is 10.1. The van der Waals surface area contributed by atoms with E-state index in [-0.39, 0.29) is 0 Å². The zero-order valence-electron chi connectivity index (χ0n) is 18.1. The Labute approximate surface area is 195 Å². The smallest absolute Gasteiger partial charge is 0.238 e.